The second-order valence-corrected chi connectivity index (χ2v) is 16.6. The van der Waals surface area contributed by atoms with E-state index >= 15 is 0 Å². The van der Waals surface area contributed by atoms with Crippen LogP contribution in [0.4, 0.5) is 0 Å². The number of fused-ring (bicyclic) bond motifs is 16. The number of furan rings is 1. The van der Waals surface area contributed by atoms with Gasteiger partial charge in [-0.1, -0.05) is 170 Å². The third kappa shape index (κ3) is 4.63. The average molecular weight is 803 g/mol. The molecule has 63 heavy (non-hydrogen) atoms. The highest BCUT2D eigenvalue weighted by Crippen LogP contribution is 2.63. The van der Waals surface area contributed by atoms with E-state index in [1.54, 1.807) is 0 Å². The maximum atomic E-state index is 7.01. The van der Waals surface area contributed by atoms with Crippen LogP contribution in [0.2, 0.25) is 0 Å². The number of nitrogens with zero attached hydrogens (tertiary/aromatic N) is 4. The molecule has 0 unspecified atom stereocenters. The van der Waals surface area contributed by atoms with Gasteiger partial charge < -0.3 is 8.98 Å². The summed E-state index contributed by atoms with van der Waals surface area (Å²) in [5, 5.41) is 4.35. The molecule has 0 aliphatic heterocycles. The quantitative estimate of drug-likeness (QED) is 0.178. The summed E-state index contributed by atoms with van der Waals surface area (Å²) in [6, 6.07) is 73.6. The third-order valence-electron chi connectivity index (χ3n) is 13.5. The Labute approximate surface area is 362 Å². The maximum Gasteiger partial charge on any atom is 0.164 e. The van der Waals surface area contributed by atoms with E-state index in [2.05, 4.69) is 138 Å². The highest BCUT2D eigenvalue weighted by Gasteiger charge is 2.51. The van der Waals surface area contributed by atoms with Crippen LogP contribution in [0.5, 0.6) is 0 Å². The van der Waals surface area contributed by atoms with Gasteiger partial charge in [-0.05, 0) is 80.9 Å². The van der Waals surface area contributed by atoms with Crippen molar-refractivity contribution in [1.82, 2.24) is 19.5 Å². The number of para-hydroxylation sites is 2. The minimum atomic E-state index is -0.439. The Morgan fingerprint density at radius 1 is 0.365 bits per heavy atom. The first kappa shape index (κ1) is 34.3. The molecule has 3 aromatic heterocycles. The molecule has 14 rings (SSSR count). The average Bonchev–Trinajstić information content (AvgIpc) is 4.08. The van der Waals surface area contributed by atoms with Gasteiger partial charge in [-0.2, -0.15) is 0 Å². The van der Waals surface area contributed by atoms with E-state index in [1.807, 2.05) is 72.8 Å². The molecule has 0 bridgehead atoms. The predicted octanol–water partition coefficient (Wildman–Crippen LogP) is 14.2. The number of hydrogen-bond acceptors (Lipinski definition) is 4. The van der Waals surface area contributed by atoms with Gasteiger partial charge in [-0.25, -0.2) is 15.0 Å². The van der Waals surface area contributed by atoms with Crippen molar-refractivity contribution in [1.29, 1.82) is 0 Å². The molecule has 0 radical (unpaired) electrons. The first-order valence-electron chi connectivity index (χ1n) is 21.4. The topological polar surface area (TPSA) is 56.7 Å². The SMILES string of the molecule is c1ccc(-c2nc(-c3ccccc3)nc(-c3ccc(-n4c5ccccc5c5cc6c(cc54)-c4ccccc4C64c5ccccc5-c5ccccc54)c4oc5ccccc5c34)n2)cc1. The second-order valence-electron chi connectivity index (χ2n) is 16.6. The largest absolute Gasteiger partial charge is 0.454 e. The first-order valence-corrected chi connectivity index (χ1v) is 21.4. The minimum absolute atomic E-state index is 0.439. The first-order chi connectivity index (χ1) is 31.3. The van der Waals surface area contributed by atoms with Gasteiger partial charge >= 0.3 is 0 Å². The molecule has 3 heterocycles. The van der Waals surface area contributed by atoms with Gasteiger partial charge in [-0.15, -0.1) is 0 Å². The van der Waals surface area contributed by atoms with Crippen LogP contribution in [0.25, 0.3) is 106 Å². The normalized spacial score (nSPS) is 13.2. The molecule has 5 heteroatoms. The van der Waals surface area contributed by atoms with E-state index in [1.165, 1.54) is 55.3 Å². The number of hydrogen-bond donors (Lipinski definition) is 0. The molecular formula is C58H34N4O. The van der Waals surface area contributed by atoms with Crippen molar-refractivity contribution in [3.05, 3.63) is 229 Å². The molecule has 0 fully saturated rings. The molecular weight excluding hydrogens is 769 g/mol. The van der Waals surface area contributed by atoms with Gasteiger partial charge in [0.25, 0.3) is 0 Å². The molecule has 2 aliphatic rings. The molecule has 292 valence electrons. The van der Waals surface area contributed by atoms with Crippen LogP contribution in [0.15, 0.2) is 211 Å². The maximum absolute atomic E-state index is 7.01. The Balaban J connectivity index is 1.06. The van der Waals surface area contributed by atoms with Crippen molar-refractivity contribution in [2.75, 3.05) is 0 Å². The zero-order valence-electron chi connectivity index (χ0n) is 33.8. The monoisotopic (exact) mass is 802 g/mol. The van der Waals surface area contributed by atoms with Crippen LogP contribution in [0.3, 0.4) is 0 Å². The summed E-state index contributed by atoms with van der Waals surface area (Å²) in [6.45, 7) is 0. The highest BCUT2D eigenvalue weighted by molar-refractivity contribution is 6.17. The Morgan fingerprint density at radius 2 is 0.889 bits per heavy atom. The van der Waals surface area contributed by atoms with Crippen LogP contribution >= 0.6 is 0 Å². The van der Waals surface area contributed by atoms with Gasteiger partial charge in [0, 0.05) is 38.2 Å². The highest BCUT2D eigenvalue weighted by atomic mass is 16.3. The smallest absolute Gasteiger partial charge is 0.164 e. The minimum Gasteiger partial charge on any atom is -0.454 e. The summed E-state index contributed by atoms with van der Waals surface area (Å²) in [7, 11) is 0. The zero-order chi connectivity index (χ0) is 41.2. The van der Waals surface area contributed by atoms with Crippen molar-refractivity contribution in [3.8, 4) is 62.1 Å². The number of benzene rings is 9. The molecule has 0 N–H and O–H groups in total. The van der Waals surface area contributed by atoms with Gasteiger partial charge in [0.1, 0.15) is 5.58 Å². The molecule has 9 aromatic carbocycles. The Morgan fingerprint density at radius 3 is 1.54 bits per heavy atom. The van der Waals surface area contributed by atoms with Crippen LogP contribution in [-0.4, -0.2) is 19.5 Å². The fraction of sp³-hybridized carbons (Fsp3) is 0.0172. The standard InChI is InChI=1S/C58H34N4O/c1-3-17-35(18-4-1)55-59-56(36-19-5-2-6-20-36)61-57(60-55)42-31-32-50(54-53(42)41-25-11-16-30-52(41)63-54)62-49-29-15-10-24-40(49)44-33-48-43(34-51(44)62)39-23-9-14-28-47(39)58(48)45-26-12-7-21-37(45)38-22-8-13-27-46(38)58/h1-34H. The molecule has 0 atom stereocenters. The van der Waals surface area contributed by atoms with Crippen molar-refractivity contribution in [2.45, 2.75) is 5.41 Å². The van der Waals surface area contributed by atoms with E-state index in [-0.39, 0.29) is 0 Å². The van der Waals surface area contributed by atoms with E-state index in [4.69, 9.17) is 19.4 Å². The summed E-state index contributed by atoms with van der Waals surface area (Å²) in [5.74, 6) is 1.82. The summed E-state index contributed by atoms with van der Waals surface area (Å²) in [6.07, 6.45) is 0. The lowest BCUT2D eigenvalue weighted by atomic mass is 9.70. The molecule has 0 saturated heterocycles. The van der Waals surface area contributed by atoms with Crippen molar-refractivity contribution < 1.29 is 4.42 Å². The van der Waals surface area contributed by atoms with E-state index in [0.717, 1.165) is 55.3 Å². The predicted molar refractivity (Wildman–Crippen MR) is 254 cm³/mol. The van der Waals surface area contributed by atoms with E-state index in [0.29, 0.717) is 17.5 Å². The molecule has 5 nitrogen and oxygen atoms in total. The third-order valence-corrected chi connectivity index (χ3v) is 13.5. The Hall–Kier alpha value is -8.41. The molecule has 0 saturated carbocycles. The van der Waals surface area contributed by atoms with E-state index < -0.39 is 5.41 Å². The van der Waals surface area contributed by atoms with Gasteiger partial charge in [0.15, 0.2) is 23.1 Å². The van der Waals surface area contributed by atoms with Crippen molar-refractivity contribution in [2.24, 2.45) is 0 Å². The molecule has 12 aromatic rings. The van der Waals surface area contributed by atoms with Crippen LogP contribution in [0, 0.1) is 0 Å². The van der Waals surface area contributed by atoms with Gasteiger partial charge in [0.05, 0.1) is 22.1 Å². The number of rotatable bonds is 4. The second kappa shape index (κ2) is 12.8. The summed E-state index contributed by atoms with van der Waals surface area (Å²) >= 11 is 0. The van der Waals surface area contributed by atoms with Gasteiger partial charge in [0.2, 0.25) is 0 Å². The van der Waals surface area contributed by atoms with Crippen LogP contribution in [0.1, 0.15) is 22.3 Å². The number of aromatic nitrogens is 4. The molecule has 1 spiro atoms. The fourth-order valence-electron chi connectivity index (χ4n) is 10.9. The van der Waals surface area contributed by atoms with Crippen LogP contribution < -0.4 is 0 Å². The molecule has 0 amide bonds. The Kier molecular flexibility index (Phi) is 6.97. The molecule has 2 aliphatic carbocycles. The Bertz CT molecular complexity index is 3760. The fourth-order valence-corrected chi connectivity index (χ4v) is 10.9. The summed E-state index contributed by atoms with van der Waals surface area (Å²) in [4.78, 5) is 15.4. The lowest BCUT2D eigenvalue weighted by Crippen LogP contribution is -2.25. The van der Waals surface area contributed by atoms with E-state index in [9.17, 15) is 0 Å². The summed E-state index contributed by atoms with van der Waals surface area (Å²) < 4.78 is 9.41. The lowest BCUT2D eigenvalue weighted by Gasteiger charge is -2.30. The lowest BCUT2D eigenvalue weighted by molar-refractivity contribution is 0.666. The van der Waals surface area contributed by atoms with Crippen LogP contribution in [-0.2, 0) is 5.41 Å². The van der Waals surface area contributed by atoms with Gasteiger partial charge in [-0.3, -0.25) is 0 Å². The van der Waals surface area contributed by atoms with Crippen molar-refractivity contribution >= 4 is 43.7 Å². The van der Waals surface area contributed by atoms with Crippen molar-refractivity contribution in [3.63, 3.8) is 0 Å². The summed E-state index contributed by atoms with van der Waals surface area (Å²) in [5.41, 5.74) is 17.5. The zero-order valence-corrected chi connectivity index (χ0v) is 33.8.